The summed E-state index contributed by atoms with van der Waals surface area (Å²) in [5, 5.41) is 31.6. The van der Waals surface area contributed by atoms with Gasteiger partial charge in [-0.1, -0.05) is 13.8 Å². The number of piperazine rings is 1. The van der Waals surface area contributed by atoms with Crippen LogP contribution in [0, 0.1) is 21.4 Å². The van der Waals surface area contributed by atoms with Crippen molar-refractivity contribution in [2.75, 3.05) is 106 Å². The molecule has 7 aliphatic rings. The van der Waals surface area contributed by atoms with Gasteiger partial charge in [0.05, 0.1) is 59.6 Å². The number of carbonyl (C=O) groups excluding carboxylic acids is 1. The van der Waals surface area contributed by atoms with Gasteiger partial charge in [0.1, 0.15) is 23.1 Å². The molecule has 0 unspecified atom stereocenters. The van der Waals surface area contributed by atoms with Crippen LogP contribution >= 0.6 is 11.3 Å². The third-order valence-corrected chi connectivity index (χ3v) is 21.7. The number of aromatic amines is 1. The van der Waals surface area contributed by atoms with E-state index in [0.717, 1.165) is 125 Å². The highest BCUT2D eigenvalue weighted by Gasteiger charge is 2.51. The summed E-state index contributed by atoms with van der Waals surface area (Å²) in [7, 11) is -2.92. The highest BCUT2D eigenvalue weighted by atomic mass is 32.2. The molecule has 1 spiro atoms. The standard InChI is InChI=1S/C63H79N11O10S2/c1-40(2)48-38-85-39-49(48)55-36-69(35-42-27-56(81-4)59(66-34-42)71-22-25-82-26-23-71)20-21-72(55)45-31-63(32-45)15-18-70(19-16-63)44-5-7-47(52(29-44)73-51-12-24-83-37-57(51)84-61-54(73)28-43-11-17-64-58(43)67-61)60(75)68-86(79,80)46-6-8-50(53(30-46)74(77)78)65-33-41-9-13-62(3,76)14-10-41/h5-8,11,17,27-30,34,38-41,45,51,55,57,65,76H,9-10,12-16,18-26,31-33,35-37H2,1-4H3,(H,64,67)(H,68,75)/t41?,51-,55-,57-,62?/m0/s1. The molecule has 2 saturated carbocycles. The largest absolute Gasteiger partial charge is 0.493 e. The number of piperidine rings is 1. The van der Waals surface area contributed by atoms with Crippen molar-refractivity contribution in [2.24, 2.45) is 11.3 Å². The highest BCUT2D eigenvalue weighted by Crippen LogP contribution is 2.54. The van der Waals surface area contributed by atoms with Crippen molar-refractivity contribution in [3.8, 4) is 11.6 Å². The van der Waals surface area contributed by atoms with E-state index in [9.17, 15) is 28.4 Å². The number of hydrogen-bond acceptors (Lipinski definition) is 19. The summed E-state index contributed by atoms with van der Waals surface area (Å²) in [6.07, 6.45) is 11.0. The molecule has 13 rings (SSSR count). The van der Waals surface area contributed by atoms with Gasteiger partial charge in [-0.2, -0.15) is 16.3 Å². The van der Waals surface area contributed by atoms with Crippen molar-refractivity contribution in [1.82, 2.24) is 29.5 Å². The van der Waals surface area contributed by atoms with Gasteiger partial charge in [-0.15, -0.1) is 0 Å². The third kappa shape index (κ3) is 11.7. The molecule has 2 aliphatic carbocycles. The van der Waals surface area contributed by atoms with Crippen LogP contribution in [-0.2, 0) is 26.0 Å². The van der Waals surface area contributed by atoms with Gasteiger partial charge in [0.2, 0.25) is 5.88 Å². The number of ether oxygens (including phenoxy) is 4. The first-order chi connectivity index (χ1) is 41.5. The maximum atomic E-state index is 14.9. The average Bonchev–Trinajstić information content (AvgIpc) is 1.59. The van der Waals surface area contributed by atoms with Gasteiger partial charge in [0.25, 0.3) is 21.6 Å². The van der Waals surface area contributed by atoms with Gasteiger partial charge in [0.15, 0.2) is 11.6 Å². The zero-order chi connectivity index (χ0) is 59.5. The molecule has 3 atom stereocenters. The predicted molar refractivity (Wildman–Crippen MR) is 331 cm³/mol. The number of nitrogens with one attached hydrogen (secondary N) is 3. The molecule has 2 aromatic carbocycles. The van der Waals surface area contributed by atoms with Gasteiger partial charge in [0, 0.05) is 107 Å². The van der Waals surface area contributed by atoms with E-state index >= 15 is 0 Å². The van der Waals surface area contributed by atoms with Crippen LogP contribution in [0.3, 0.4) is 0 Å². The lowest BCUT2D eigenvalue weighted by atomic mass is 9.59. The molecule has 0 radical (unpaired) electrons. The average molecular weight is 1210 g/mol. The van der Waals surface area contributed by atoms with Crippen molar-refractivity contribution in [2.45, 2.75) is 126 Å². The van der Waals surface area contributed by atoms with Crippen LogP contribution in [0.1, 0.15) is 118 Å². The van der Waals surface area contributed by atoms with E-state index in [0.29, 0.717) is 87.1 Å². The second-order valence-corrected chi connectivity index (χ2v) is 27.9. The van der Waals surface area contributed by atoms with Crippen molar-refractivity contribution in [3.05, 3.63) is 110 Å². The van der Waals surface area contributed by atoms with E-state index in [-0.39, 0.29) is 34.7 Å². The summed E-state index contributed by atoms with van der Waals surface area (Å²) in [6.45, 7) is 15.8. The number of amides is 1. The van der Waals surface area contributed by atoms with Crippen molar-refractivity contribution in [1.29, 1.82) is 0 Å². The molecule has 0 bridgehead atoms. The molecule has 1 amide bonds. The number of nitro groups is 1. The Morgan fingerprint density at radius 2 is 1.74 bits per heavy atom. The molecule has 5 aliphatic heterocycles. The molecule has 458 valence electrons. The van der Waals surface area contributed by atoms with Crippen LogP contribution in [0.25, 0.3) is 11.0 Å². The predicted octanol–water partition coefficient (Wildman–Crippen LogP) is 9.36. The normalized spacial score (nSPS) is 24.7. The lowest BCUT2D eigenvalue weighted by Crippen LogP contribution is -2.59. The Bertz CT molecular complexity index is 3580. The molecular formula is C63H79N11O10S2. The van der Waals surface area contributed by atoms with Crippen LogP contribution in [-0.4, -0.2) is 159 Å². The van der Waals surface area contributed by atoms with Gasteiger partial charge >= 0.3 is 0 Å². The Hall–Kier alpha value is -6.60. The number of aromatic nitrogens is 3. The Labute approximate surface area is 506 Å². The lowest BCUT2D eigenvalue weighted by Gasteiger charge is -2.58. The zero-order valence-electron chi connectivity index (χ0n) is 49.5. The Morgan fingerprint density at radius 3 is 2.51 bits per heavy atom. The summed E-state index contributed by atoms with van der Waals surface area (Å²) in [6, 6.07) is 15.8. The summed E-state index contributed by atoms with van der Waals surface area (Å²) < 4.78 is 55.0. The monoisotopic (exact) mass is 1210 g/mol. The van der Waals surface area contributed by atoms with Crippen molar-refractivity contribution < 1.29 is 42.2 Å². The van der Waals surface area contributed by atoms with E-state index in [1.54, 1.807) is 13.2 Å². The number of rotatable bonds is 16. The Kier molecular flexibility index (Phi) is 16.2. The minimum absolute atomic E-state index is 0.109. The van der Waals surface area contributed by atoms with E-state index in [1.165, 1.54) is 23.3 Å². The van der Waals surface area contributed by atoms with Crippen LogP contribution < -0.4 is 34.2 Å². The van der Waals surface area contributed by atoms with E-state index < -0.39 is 43.1 Å². The topological polar surface area (TPSA) is 233 Å². The molecule has 21 nitrogen and oxygen atoms in total. The molecule has 6 fully saturated rings. The number of aliphatic hydroxyl groups is 1. The number of pyridine rings is 2. The SMILES string of the molecule is COc1cc(CN2CCN(C3CC4(CCN(c5ccc(C(=O)NS(=O)(=O)c6ccc(NCC7CCC(C)(O)CC7)c([N+](=O)[O-])c6)c(N6c7cc8cc[nH]c8nc7O[C@H]7COCC[C@@H]76)c5)CC4)C3)[C@H](c3cscc3C(C)C)C2)cnc1N1CCOCC1. The van der Waals surface area contributed by atoms with Gasteiger partial charge in [-0.25, -0.2) is 18.1 Å². The van der Waals surface area contributed by atoms with Gasteiger partial charge in [-0.3, -0.25) is 24.7 Å². The quantitative estimate of drug-likeness (QED) is 0.0522. The van der Waals surface area contributed by atoms with E-state index in [4.69, 9.17) is 28.9 Å². The summed E-state index contributed by atoms with van der Waals surface area (Å²) in [5.41, 5.74) is 6.06. The number of nitro benzene ring substituents is 1. The minimum Gasteiger partial charge on any atom is -0.493 e. The maximum absolute atomic E-state index is 14.9. The number of anilines is 5. The first kappa shape index (κ1) is 58.4. The highest BCUT2D eigenvalue weighted by molar-refractivity contribution is 7.90. The van der Waals surface area contributed by atoms with Crippen LogP contribution in [0.15, 0.2) is 82.6 Å². The molecule has 23 heteroatoms. The van der Waals surface area contributed by atoms with Gasteiger partial charge in [-0.05, 0) is 158 Å². The number of nitrogens with zero attached hydrogens (tertiary/aromatic N) is 8. The second kappa shape index (κ2) is 23.8. The van der Waals surface area contributed by atoms with Gasteiger partial charge < -0.3 is 49.1 Å². The number of thiophene rings is 1. The number of sulfonamides is 1. The summed E-state index contributed by atoms with van der Waals surface area (Å²) >= 11 is 1.81. The fourth-order valence-corrected chi connectivity index (χ4v) is 16.7. The third-order valence-electron chi connectivity index (χ3n) is 19.6. The summed E-state index contributed by atoms with van der Waals surface area (Å²) in [4.78, 5) is 51.4. The van der Waals surface area contributed by atoms with E-state index in [1.807, 2.05) is 54.9 Å². The molecule has 6 aromatic rings. The van der Waals surface area contributed by atoms with Crippen LogP contribution in [0.2, 0.25) is 0 Å². The number of hydrogen-bond donors (Lipinski definition) is 4. The smallest absolute Gasteiger partial charge is 0.293 e. The number of carbonyl (C=O) groups is 1. The number of fused-ring (bicyclic) bond motifs is 3. The summed E-state index contributed by atoms with van der Waals surface area (Å²) in [5.74, 6) is 1.77. The first-order valence-electron chi connectivity index (χ1n) is 30.6. The molecular weight excluding hydrogens is 1130 g/mol. The van der Waals surface area contributed by atoms with Crippen molar-refractivity contribution in [3.63, 3.8) is 0 Å². The zero-order valence-corrected chi connectivity index (χ0v) is 51.2. The lowest BCUT2D eigenvalue weighted by molar-refractivity contribution is -0.384. The molecule has 4 N–H and O–H groups in total. The number of H-pyrrole nitrogens is 1. The van der Waals surface area contributed by atoms with Crippen molar-refractivity contribution >= 4 is 72.6 Å². The fraction of sp³-hybridized carbons (Fsp3) is 0.540. The Morgan fingerprint density at radius 1 is 0.942 bits per heavy atom. The molecule has 4 aromatic heterocycles. The first-order valence-corrected chi connectivity index (χ1v) is 33.1. The van der Waals surface area contributed by atoms with E-state index in [2.05, 4.69) is 70.2 Å². The molecule has 9 heterocycles. The minimum atomic E-state index is -4.65. The van der Waals surface area contributed by atoms with Crippen LogP contribution in [0.5, 0.6) is 11.6 Å². The second-order valence-electron chi connectivity index (χ2n) is 25.5. The molecule has 4 saturated heterocycles. The Balaban J connectivity index is 0.739. The maximum Gasteiger partial charge on any atom is 0.293 e. The molecule has 86 heavy (non-hydrogen) atoms. The number of methoxy groups -OCH3 is 1. The fourth-order valence-electron chi connectivity index (χ4n) is 14.6. The number of benzene rings is 2. The van der Waals surface area contributed by atoms with Crippen LogP contribution in [0.4, 0.5) is 34.3 Å². The number of morpholine rings is 1.